The maximum Gasteiger partial charge on any atom is 0.390 e. The molecule has 1 aliphatic rings. The van der Waals surface area contributed by atoms with Gasteiger partial charge >= 0.3 is 6.18 Å². The third-order valence-electron chi connectivity index (χ3n) is 5.88. The molecule has 182 valence electrons. The molecule has 0 aliphatic heterocycles. The minimum Gasteiger partial charge on any atom is -0.354 e. The summed E-state index contributed by atoms with van der Waals surface area (Å²) in [5.41, 5.74) is 1.57. The molecule has 2 heterocycles. The van der Waals surface area contributed by atoms with Crippen molar-refractivity contribution < 1.29 is 26.3 Å². The summed E-state index contributed by atoms with van der Waals surface area (Å²) in [4.78, 5) is 12.9. The van der Waals surface area contributed by atoms with E-state index in [1.54, 1.807) is 6.07 Å². The summed E-state index contributed by atoms with van der Waals surface area (Å²) in [6.45, 7) is 0.0494. The van der Waals surface area contributed by atoms with Crippen molar-refractivity contribution in [3.05, 3.63) is 48.7 Å². The van der Waals surface area contributed by atoms with Crippen LogP contribution >= 0.6 is 0 Å². The molecule has 1 saturated carbocycles. The molecule has 1 aliphatic carbocycles. The molecular formula is C23H23F6N5. The number of aryl methyl sites for hydroxylation is 1. The van der Waals surface area contributed by atoms with Crippen LogP contribution in [0.15, 0.2) is 42.9 Å². The van der Waals surface area contributed by atoms with Crippen LogP contribution in [0.5, 0.6) is 0 Å². The van der Waals surface area contributed by atoms with E-state index < -0.39 is 24.3 Å². The molecule has 1 N–H and O–H groups in total. The molecule has 4 rings (SSSR count). The van der Waals surface area contributed by atoms with Gasteiger partial charge in [0.05, 0.1) is 29.8 Å². The SMILES string of the molecule is Fc1ccc(-c2ncn(CCC(F)(F)F)c2-c2ccnc(NCC3CCC(F)(F)CC3)n2)cc1. The predicted molar refractivity (Wildman–Crippen MR) is 115 cm³/mol. The number of imidazole rings is 1. The topological polar surface area (TPSA) is 55.6 Å². The number of rotatable bonds is 7. The van der Waals surface area contributed by atoms with Crippen LogP contribution in [-0.4, -0.2) is 38.2 Å². The molecular weight excluding hydrogens is 460 g/mol. The third-order valence-corrected chi connectivity index (χ3v) is 5.88. The van der Waals surface area contributed by atoms with Gasteiger partial charge in [0.15, 0.2) is 0 Å². The quantitative estimate of drug-likeness (QED) is 0.399. The second-order valence-corrected chi connectivity index (χ2v) is 8.45. The number of alkyl halides is 5. The van der Waals surface area contributed by atoms with Crippen LogP contribution in [0, 0.1) is 11.7 Å². The monoisotopic (exact) mass is 483 g/mol. The second-order valence-electron chi connectivity index (χ2n) is 8.45. The first-order valence-corrected chi connectivity index (χ1v) is 10.9. The van der Waals surface area contributed by atoms with E-state index >= 15 is 0 Å². The van der Waals surface area contributed by atoms with E-state index in [4.69, 9.17) is 0 Å². The molecule has 0 spiro atoms. The number of hydrogen-bond acceptors (Lipinski definition) is 4. The number of halogens is 6. The number of hydrogen-bond donors (Lipinski definition) is 1. The minimum atomic E-state index is -4.35. The normalized spacial score (nSPS) is 16.5. The molecule has 11 heteroatoms. The van der Waals surface area contributed by atoms with Gasteiger partial charge in [0.25, 0.3) is 0 Å². The van der Waals surface area contributed by atoms with Gasteiger partial charge in [-0.25, -0.2) is 28.1 Å². The maximum atomic E-state index is 13.4. The summed E-state index contributed by atoms with van der Waals surface area (Å²) in [5, 5.41) is 3.06. The molecule has 1 aromatic carbocycles. The fourth-order valence-electron chi connectivity index (χ4n) is 4.00. The lowest BCUT2D eigenvalue weighted by atomic mass is 9.87. The Balaban J connectivity index is 1.59. The third kappa shape index (κ3) is 6.06. The molecule has 0 amide bonds. The van der Waals surface area contributed by atoms with Crippen molar-refractivity contribution >= 4 is 5.95 Å². The smallest absolute Gasteiger partial charge is 0.354 e. The Hall–Kier alpha value is -3.11. The number of anilines is 1. The molecule has 1 fully saturated rings. The Bertz CT molecular complexity index is 1100. The highest BCUT2D eigenvalue weighted by Crippen LogP contribution is 2.36. The van der Waals surface area contributed by atoms with E-state index in [0.29, 0.717) is 42.0 Å². The van der Waals surface area contributed by atoms with Crippen LogP contribution in [0.25, 0.3) is 22.6 Å². The summed E-state index contributed by atoms with van der Waals surface area (Å²) in [5.74, 6) is -2.77. The van der Waals surface area contributed by atoms with Crippen molar-refractivity contribution in [3.63, 3.8) is 0 Å². The highest BCUT2D eigenvalue weighted by atomic mass is 19.4. The Kier molecular flexibility index (Phi) is 6.81. The van der Waals surface area contributed by atoms with Crippen molar-refractivity contribution in [1.29, 1.82) is 0 Å². The molecule has 0 radical (unpaired) electrons. The Morgan fingerprint density at radius 2 is 1.74 bits per heavy atom. The number of nitrogens with zero attached hydrogens (tertiary/aromatic N) is 4. The van der Waals surface area contributed by atoms with Crippen molar-refractivity contribution in [2.75, 3.05) is 11.9 Å². The fourth-order valence-corrected chi connectivity index (χ4v) is 4.00. The van der Waals surface area contributed by atoms with Gasteiger partial charge in [-0.3, -0.25) is 0 Å². The molecule has 34 heavy (non-hydrogen) atoms. The summed E-state index contributed by atoms with van der Waals surface area (Å²) in [6.07, 6.45) is -2.17. The van der Waals surface area contributed by atoms with Crippen LogP contribution in [0.1, 0.15) is 32.1 Å². The van der Waals surface area contributed by atoms with Crippen molar-refractivity contribution in [3.8, 4) is 22.6 Å². The van der Waals surface area contributed by atoms with Gasteiger partial charge < -0.3 is 9.88 Å². The zero-order valence-electron chi connectivity index (χ0n) is 18.1. The highest BCUT2D eigenvalue weighted by Gasteiger charge is 2.34. The van der Waals surface area contributed by atoms with E-state index in [1.807, 2.05) is 0 Å². The summed E-state index contributed by atoms with van der Waals surface area (Å²) >= 11 is 0. The van der Waals surface area contributed by atoms with Crippen LogP contribution in [-0.2, 0) is 6.54 Å². The van der Waals surface area contributed by atoms with E-state index in [2.05, 4.69) is 20.3 Å². The second kappa shape index (κ2) is 9.63. The summed E-state index contributed by atoms with van der Waals surface area (Å²) in [6, 6.07) is 7.03. The van der Waals surface area contributed by atoms with E-state index in [0.717, 1.165) is 0 Å². The van der Waals surface area contributed by atoms with Gasteiger partial charge in [0.1, 0.15) is 5.82 Å². The van der Waals surface area contributed by atoms with Gasteiger partial charge in [-0.2, -0.15) is 13.2 Å². The molecule has 5 nitrogen and oxygen atoms in total. The van der Waals surface area contributed by atoms with Gasteiger partial charge in [0, 0.05) is 37.7 Å². The minimum absolute atomic E-state index is 0.0546. The van der Waals surface area contributed by atoms with E-state index in [9.17, 15) is 26.3 Å². The Morgan fingerprint density at radius 1 is 1.03 bits per heavy atom. The lowest BCUT2D eigenvalue weighted by Crippen LogP contribution is -2.28. The Morgan fingerprint density at radius 3 is 2.41 bits per heavy atom. The van der Waals surface area contributed by atoms with Gasteiger partial charge in [-0.1, -0.05) is 0 Å². The van der Waals surface area contributed by atoms with Crippen LogP contribution in [0.2, 0.25) is 0 Å². The average Bonchev–Trinajstić information content (AvgIpc) is 3.21. The van der Waals surface area contributed by atoms with Crippen LogP contribution < -0.4 is 5.32 Å². The number of nitrogens with one attached hydrogen (secondary N) is 1. The largest absolute Gasteiger partial charge is 0.390 e. The maximum absolute atomic E-state index is 13.4. The van der Waals surface area contributed by atoms with Crippen molar-refractivity contribution in [1.82, 2.24) is 19.5 Å². The van der Waals surface area contributed by atoms with Gasteiger partial charge in [-0.15, -0.1) is 0 Å². The number of aromatic nitrogens is 4. The van der Waals surface area contributed by atoms with Gasteiger partial charge in [0.2, 0.25) is 11.9 Å². The van der Waals surface area contributed by atoms with Crippen LogP contribution in [0.3, 0.4) is 0 Å². The summed E-state index contributed by atoms with van der Waals surface area (Å²) < 4.78 is 80.2. The first-order valence-electron chi connectivity index (χ1n) is 10.9. The first kappa shape index (κ1) is 24.0. The lowest BCUT2D eigenvalue weighted by Gasteiger charge is -2.28. The van der Waals surface area contributed by atoms with Crippen molar-refractivity contribution in [2.24, 2.45) is 5.92 Å². The molecule has 2 aromatic heterocycles. The van der Waals surface area contributed by atoms with E-state index in [1.165, 1.54) is 41.4 Å². The van der Waals surface area contributed by atoms with Crippen LogP contribution in [0.4, 0.5) is 32.3 Å². The molecule has 0 unspecified atom stereocenters. The van der Waals surface area contributed by atoms with E-state index in [-0.39, 0.29) is 31.3 Å². The lowest BCUT2D eigenvalue weighted by molar-refractivity contribution is -0.136. The molecule has 0 bridgehead atoms. The fraction of sp³-hybridized carbons (Fsp3) is 0.435. The molecule has 0 saturated heterocycles. The Labute approximate surface area is 192 Å². The average molecular weight is 483 g/mol. The predicted octanol–water partition coefficient (Wildman–Crippen LogP) is 6.34. The molecule has 0 atom stereocenters. The zero-order valence-corrected chi connectivity index (χ0v) is 18.1. The summed E-state index contributed by atoms with van der Waals surface area (Å²) in [7, 11) is 0. The highest BCUT2D eigenvalue weighted by molar-refractivity contribution is 5.77. The molecule has 3 aromatic rings. The zero-order chi connectivity index (χ0) is 24.3. The first-order chi connectivity index (χ1) is 16.1. The van der Waals surface area contributed by atoms with Crippen molar-refractivity contribution in [2.45, 2.75) is 50.7 Å². The standard InChI is InChI=1S/C23H23F6N5/c24-17-3-1-16(2-4-17)19-20(34(14-32-19)12-10-23(27,28)29)18-7-11-30-21(33-18)31-13-15-5-8-22(25,26)9-6-15/h1-4,7,11,14-15H,5-6,8-10,12-13H2,(H,30,31,33). The van der Waals surface area contributed by atoms with Gasteiger partial charge in [-0.05, 0) is 49.1 Å². The number of benzene rings is 1.